The van der Waals surface area contributed by atoms with Gasteiger partial charge in [-0.3, -0.25) is 4.79 Å². The molecule has 28 heavy (non-hydrogen) atoms. The molecule has 7 heteroatoms. The highest BCUT2D eigenvalue weighted by molar-refractivity contribution is 7.99. The molecule has 1 amide bonds. The van der Waals surface area contributed by atoms with E-state index in [-0.39, 0.29) is 16.8 Å². The van der Waals surface area contributed by atoms with Crippen LogP contribution in [0.1, 0.15) is 21.3 Å². The number of nitrogens with zero attached hydrogens (tertiary/aromatic N) is 1. The predicted octanol–water partition coefficient (Wildman–Crippen LogP) is 3.70. The second-order valence-corrected chi connectivity index (χ2v) is 7.51. The van der Waals surface area contributed by atoms with Gasteiger partial charge in [-0.2, -0.15) is 0 Å². The maximum Gasteiger partial charge on any atom is 0.349 e. The molecule has 0 bridgehead atoms. The zero-order chi connectivity index (χ0) is 19.7. The molecule has 2 aromatic carbocycles. The third-order valence-electron chi connectivity index (χ3n) is 4.72. The van der Waals surface area contributed by atoms with Crippen LogP contribution in [0.5, 0.6) is 11.5 Å². The minimum atomic E-state index is -0.619. The van der Waals surface area contributed by atoms with E-state index in [0.717, 1.165) is 16.7 Å². The van der Waals surface area contributed by atoms with Gasteiger partial charge >= 0.3 is 5.63 Å². The number of methoxy groups -OCH3 is 2. The number of rotatable bonds is 4. The molecule has 0 N–H and O–H groups in total. The van der Waals surface area contributed by atoms with Gasteiger partial charge in [-0.15, -0.1) is 11.8 Å². The van der Waals surface area contributed by atoms with Crippen molar-refractivity contribution in [2.24, 2.45) is 0 Å². The van der Waals surface area contributed by atoms with Crippen LogP contribution in [0.4, 0.5) is 0 Å². The number of para-hydroxylation sites is 1. The van der Waals surface area contributed by atoms with Crippen LogP contribution in [0.2, 0.25) is 0 Å². The summed E-state index contributed by atoms with van der Waals surface area (Å²) in [7, 11) is 3.16. The van der Waals surface area contributed by atoms with Crippen molar-refractivity contribution in [2.75, 3.05) is 26.5 Å². The van der Waals surface area contributed by atoms with E-state index >= 15 is 0 Å². The molecule has 0 saturated carbocycles. The molecule has 0 unspecified atom stereocenters. The molecule has 2 heterocycles. The van der Waals surface area contributed by atoms with Gasteiger partial charge in [0.2, 0.25) is 0 Å². The normalized spacial score (nSPS) is 16.4. The van der Waals surface area contributed by atoms with Gasteiger partial charge in [0, 0.05) is 17.7 Å². The maximum atomic E-state index is 13.2. The minimum Gasteiger partial charge on any atom is -0.493 e. The van der Waals surface area contributed by atoms with Gasteiger partial charge in [0.15, 0.2) is 11.5 Å². The third-order valence-corrected chi connectivity index (χ3v) is 5.98. The lowest BCUT2D eigenvalue weighted by Gasteiger charge is -2.24. The van der Waals surface area contributed by atoms with Gasteiger partial charge in [-0.1, -0.05) is 24.3 Å². The van der Waals surface area contributed by atoms with Crippen LogP contribution in [0, 0.1) is 0 Å². The molecule has 1 aliphatic heterocycles. The summed E-state index contributed by atoms with van der Waals surface area (Å²) >= 11 is 1.64. The highest BCUT2D eigenvalue weighted by Gasteiger charge is 2.33. The zero-order valence-corrected chi connectivity index (χ0v) is 16.3. The average Bonchev–Trinajstić information content (AvgIpc) is 3.22. The molecule has 1 fully saturated rings. The van der Waals surface area contributed by atoms with Crippen molar-refractivity contribution >= 4 is 28.6 Å². The van der Waals surface area contributed by atoms with Crippen LogP contribution in [-0.2, 0) is 0 Å². The second kappa shape index (κ2) is 7.59. The Morgan fingerprint density at radius 3 is 2.68 bits per heavy atom. The van der Waals surface area contributed by atoms with Gasteiger partial charge in [0.1, 0.15) is 16.5 Å². The van der Waals surface area contributed by atoms with Crippen LogP contribution < -0.4 is 15.1 Å². The molecule has 1 saturated heterocycles. The number of hydrogen-bond acceptors (Lipinski definition) is 6. The lowest BCUT2D eigenvalue weighted by atomic mass is 10.1. The average molecular weight is 397 g/mol. The first-order valence-corrected chi connectivity index (χ1v) is 9.84. The van der Waals surface area contributed by atoms with Crippen molar-refractivity contribution < 1.29 is 18.7 Å². The summed E-state index contributed by atoms with van der Waals surface area (Å²) in [6, 6.07) is 14.4. The molecule has 6 nitrogen and oxygen atoms in total. The van der Waals surface area contributed by atoms with Crippen LogP contribution >= 0.6 is 11.8 Å². The maximum absolute atomic E-state index is 13.2. The number of carbonyl (C=O) groups is 1. The fraction of sp³-hybridized carbons (Fsp3) is 0.238. The summed E-state index contributed by atoms with van der Waals surface area (Å²) in [5.41, 5.74) is 0.813. The quantitative estimate of drug-likeness (QED) is 0.626. The molecular formula is C21H19NO5S. The minimum absolute atomic E-state index is 0.0478. The van der Waals surface area contributed by atoms with Crippen molar-refractivity contribution in [3.8, 4) is 11.5 Å². The molecule has 144 valence electrons. The lowest BCUT2D eigenvalue weighted by molar-refractivity contribution is 0.0756. The predicted molar refractivity (Wildman–Crippen MR) is 108 cm³/mol. The Hall–Kier alpha value is -2.93. The van der Waals surface area contributed by atoms with E-state index in [0.29, 0.717) is 23.6 Å². The van der Waals surface area contributed by atoms with Crippen LogP contribution in [-0.4, -0.2) is 37.3 Å². The van der Waals surface area contributed by atoms with Crippen LogP contribution in [0.3, 0.4) is 0 Å². The first kappa shape index (κ1) is 18.4. The summed E-state index contributed by atoms with van der Waals surface area (Å²) < 4.78 is 16.0. The number of thioether (sulfide) groups is 1. The smallest absolute Gasteiger partial charge is 0.349 e. The Morgan fingerprint density at radius 1 is 1.11 bits per heavy atom. The van der Waals surface area contributed by atoms with Gasteiger partial charge < -0.3 is 18.8 Å². The number of fused-ring (bicyclic) bond motifs is 1. The lowest BCUT2D eigenvalue weighted by Crippen LogP contribution is -2.33. The molecule has 0 radical (unpaired) electrons. The number of carbonyl (C=O) groups excluding carboxylic acids is 1. The summed E-state index contributed by atoms with van der Waals surface area (Å²) in [5.74, 6) is 1.68. The van der Waals surface area contributed by atoms with E-state index in [1.54, 1.807) is 49.1 Å². The van der Waals surface area contributed by atoms with E-state index in [1.807, 2.05) is 30.3 Å². The van der Waals surface area contributed by atoms with Crippen LogP contribution in [0.15, 0.2) is 57.7 Å². The van der Waals surface area contributed by atoms with Crippen LogP contribution in [0.25, 0.3) is 11.0 Å². The van der Waals surface area contributed by atoms with Gasteiger partial charge in [0.05, 0.1) is 14.2 Å². The summed E-state index contributed by atoms with van der Waals surface area (Å²) in [4.78, 5) is 27.3. The molecule has 1 aromatic heterocycles. The molecule has 0 aliphatic carbocycles. The number of amides is 1. The van der Waals surface area contributed by atoms with Crippen molar-refractivity contribution in [3.05, 3.63) is 70.1 Å². The van der Waals surface area contributed by atoms with E-state index in [2.05, 4.69) is 0 Å². The van der Waals surface area contributed by atoms with Gasteiger partial charge in [-0.25, -0.2) is 4.79 Å². The summed E-state index contributed by atoms with van der Waals surface area (Å²) in [6.45, 7) is 0.550. The highest BCUT2D eigenvalue weighted by atomic mass is 32.2. The third kappa shape index (κ3) is 3.22. The number of ether oxygens (including phenoxy) is 2. The van der Waals surface area contributed by atoms with E-state index in [1.165, 1.54) is 0 Å². The molecule has 4 rings (SSSR count). The van der Waals surface area contributed by atoms with Gasteiger partial charge in [0.25, 0.3) is 5.91 Å². The van der Waals surface area contributed by atoms with Crippen molar-refractivity contribution in [3.63, 3.8) is 0 Å². The monoisotopic (exact) mass is 397 g/mol. The topological polar surface area (TPSA) is 69.0 Å². The van der Waals surface area contributed by atoms with Gasteiger partial charge in [-0.05, 0) is 29.8 Å². The van der Waals surface area contributed by atoms with Crippen molar-refractivity contribution in [2.45, 2.75) is 5.37 Å². The number of benzene rings is 2. The number of hydrogen-bond donors (Lipinski definition) is 0. The Kier molecular flexibility index (Phi) is 5.00. The SMILES string of the molecule is COc1ccc([C@@H]2SCCN2C(=O)c2cc3ccccc3oc2=O)cc1OC. The first-order chi connectivity index (χ1) is 13.6. The Balaban J connectivity index is 1.70. The largest absolute Gasteiger partial charge is 0.493 e. The molecule has 3 aromatic rings. The standard InChI is InChI=1S/C21H19NO5S/c1-25-17-8-7-14(12-18(17)26-2)20-22(9-10-28-20)19(23)15-11-13-5-3-4-6-16(13)27-21(15)24/h3-8,11-12,20H,9-10H2,1-2H3/t20-/m0/s1. The van der Waals surface area contributed by atoms with E-state index < -0.39 is 5.63 Å². The summed E-state index contributed by atoms with van der Waals surface area (Å²) in [6.07, 6.45) is 0. The molecule has 1 atom stereocenters. The molecule has 1 aliphatic rings. The summed E-state index contributed by atoms with van der Waals surface area (Å²) in [5, 5.41) is 0.512. The first-order valence-electron chi connectivity index (χ1n) is 8.80. The Morgan fingerprint density at radius 2 is 1.89 bits per heavy atom. The molecule has 0 spiro atoms. The Bertz CT molecular complexity index is 1090. The second-order valence-electron chi connectivity index (χ2n) is 6.32. The highest BCUT2D eigenvalue weighted by Crippen LogP contribution is 2.41. The molecular weight excluding hydrogens is 378 g/mol. The fourth-order valence-corrected chi connectivity index (χ4v) is 4.57. The van der Waals surface area contributed by atoms with Crippen molar-refractivity contribution in [1.82, 2.24) is 4.90 Å². The van der Waals surface area contributed by atoms with E-state index in [4.69, 9.17) is 13.9 Å². The van der Waals surface area contributed by atoms with E-state index in [9.17, 15) is 9.59 Å². The zero-order valence-electron chi connectivity index (χ0n) is 15.5. The fourth-order valence-electron chi connectivity index (χ4n) is 3.33. The van der Waals surface area contributed by atoms with Crippen molar-refractivity contribution in [1.29, 1.82) is 0 Å². The Labute approximate surface area is 166 Å².